The van der Waals surface area contributed by atoms with Gasteiger partial charge in [0.15, 0.2) is 0 Å². The summed E-state index contributed by atoms with van der Waals surface area (Å²) < 4.78 is 53.4. The quantitative estimate of drug-likeness (QED) is 0.715. The van der Waals surface area contributed by atoms with E-state index in [1.54, 1.807) is 19.2 Å². The zero-order valence-corrected chi connectivity index (χ0v) is 17.3. The average Bonchev–Trinajstić information content (AvgIpc) is 2.77. The van der Waals surface area contributed by atoms with Crippen LogP contribution in [0.2, 0.25) is 0 Å². The molecule has 31 heavy (non-hydrogen) atoms. The van der Waals surface area contributed by atoms with Crippen LogP contribution in [-0.4, -0.2) is 61.7 Å². The van der Waals surface area contributed by atoms with Crippen molar-refractivity contribution in [2.75, 3.05) is 49.8 Å². The number of alkyl halides is 3. The Balaban J connectivity index is 1.66. The predicted octanol–water partition coefficient (Wildman–Crippen LogP) is 2.47. The second-order valence-corrected chi connectivity index (χ2v) is 7.64. The summed E-state index contributed by atoms with van der Waals surface area (Å²) in [6, 6.07) is 6.94. The highest BCUT2D eigenvalue weighted by atomic mass is 19.4. The molecule has 4 rings (SSSR count). The van der Waals surface area contributed by atoms with Gasteiger partial charge in [-0.1, -0.05) is 12.1 Å². The number of anilines is 2. The first-order valence-corrected chi connectivity index (χ1v) is 10.3. The Morgan fingerprint density at radius 1 is 1.16 bits per heavy atom. The Labute approximate surface area is 178 Å². The van der Waals surface area contributed by atoms with Crippen LogP contribution in [0, 0.1) is 0 Å². The van der Waals surface area contributed by atoms with Crippen LogP contribution in [0.1, 0.15) is 12.0 Å². The molecule has 0 saturated carbocycles. The number of ether oxygens (including phenoxy) is 2. The van der Waals surface area contributed by atoms with Crippen LogP contribution < -0.4 is 20.1 Å². The third-order valence-electron chi connectivity index (χ3n) is 5.75. The third-order valence-corrected chi connectivity index (χ3v) is 5.75. The van der Waals surface area contributed by atoms with Gasteiger partial charge in [-0.05, 0) is 30.5 Å². The minimum Gasteiger partial charge on any atom is -0.497 e. The van der Waals surface area contributed by atoms with Crippen molar-refractivity contribution < 1.29 is 22.6 Å². The number of rotatable bonds is 5. The molecular weight excluding hydrogens is 413 g/mol. The van der Waals surface area contributed by atoms with Crippen molar-refractivity contribution in [3.63, 3.8) is 0 Å². The first kappa shape index (κ1) is 21.5. The standard InChI is InChI=1S/C21H25F3N4O3/c1-30-16-4-2-15(3-5-16)6-8-27-17(21(22,23)24)7-9-28-19(29)14-18(25-20(27)28)26-10-12-31-13-11-26/h2-5,14,17H,6-13H2,1H3/t17-/m0/s1. The Bertz CT molecular complexity index is 956. The second kappa shape index (κ2) is 8.78. The molecule has 2 aliphatic rings. The van der Waals surface area contributed by atoms with E-state index >= 15 is 0 Å². The molecule has 2 aromatic rings. The fourth-order valence-electron chi connectivity index (χ4n) is 4.05. The van der Waals surface area contributed by atoms with E-state index < -0.39 is 12.2 Å². The van der Waals surface area contributed by atoms with E-state index in [4.69, 9.17) is 9.47 Å². The second-order valence-electron chi connectivity index (χ2n) is 7.64. The molecule has 0 radical (unpaired) electrons. The van der Waals surface area contributed by atoms with Crippen LogP contribution in [0.4, 0.5) is 24.9 Å². The maximum atomic E-state index is 13.9. The molecule has 0 spiro atoms. The SMILES string of the molecule is COc1ccc(CCN2c3nc(N4CCOCC4)cc(=O)n3CC[C@H]2C(F)(F)F)cc1. The van der Waals surface area contributed by atoms with E-state index in [1.807, 2.05) is 17.0 Å². The van der Waals surface area contributed by atoms with Crippen molar-refractivity contribution in [2.45, 2.75) is 31.6 Å². The van der Waals surface area contributed by atoms with Gasteiger partial charge in [0.2, 0.25) is 5.95 Å². The highest BCUT2D eigenvalue weighted by molar-refractivity contribution is 5.47. The summed E-state index contributed by atoms with van der Waals surface area (Å²) in [6.45, 7) is 2.16. The van der Waals surface area contributed by atoms with Gasteiger partial charge in [0, 0.05) is 32.2 Å². The van der Waals surface area contributed by atoms with Crippen LogP contribution >= 0.6 is 0 Å². The predicted molar refractivity (Wildman–Crippen MR) is 110 cm³/mol. The van der Waals surface area contributed by atoms with Crippen LogP contribution in [0.25, 0.3) is 0 Å². The summed E-state index contributed by atoms with van der Waals surface area (Å²) in [4.78, 5) is 20.4. The zero-order valence-electron chi connectivity index (χ0n) is 17.3. The smallest absolute Gasteiger partial charge is 0.408 e. The third kappa shape index (κ3) is 4.63. The molecule has 2 aliphatic heterocycles. The number of nitrogens with zero attached hydrogens (tertiary/aromatic N) is 4. The van der Waals surface area contributed by atoms with E-state index in [9.17, 15) is 18.0 Å². The number of fused-ring (bicyclic) bond motifs is 1. The van der Waals surface area contributed by atoms with E-state index in [1.165, 1.54) is 15.5 Å². The van der Waals surface area contributed by atoms with Gasteiger partial charge in [0.05, 0.1) is 20.3 Å². The van der Waals surface area contributed by atoms with E-state index in [-0.39, 0.29) is 31.0 Å². The van der Waals surface area contributed by atoms with Crippen molar-refractivity contribution in [3.8, 4) is 5.75 Å². The van der Waals surface area contributed by atoms with Gasteiger partial charge in [-0.2, -0.15) is 18.2 Å². The van der Waals surface area contributed by atoms with Gasteiger partial charge >= 0.3 is 6.18 Å². The highest BCUT2D eigenvalue weighted by Gasteiger charge is 2.46. The minimum atomic E-state index is -4.42. The van der Waals surface area contributed by atoms with Crippen molar-refractivity contribution in [2.24, 2.45) is 0 Å². The van der Waals surface area contributed by atoms with Gasteiger partial charge in [0.1, 0.15) is 17.6 Å². The number of halogens is 3. The molecule has 0 aliphatic carbocycles. The minimum absolute atomic E-state index is 0.00618. The summed E-state index contributed by atoms with van der Waals surface area (Å²) in [5.41, 5.74) is 0.548. The summed E-state index contributed by atoms with van der Waals surface area (Å²) in [5.74, 6) is 1.16. The number of aromatic nitrogens is 2. The molecule has 0 amide bonds. The van der Waals surface area contributed by atoms with Gasteiger partial charge < -0.3 is 19.3 Å². The molecule has 0 bridgehead atoms. The lowest BCUT2D eigenvalue weighted by molar-refractivity contribution is -0.152. The average molecular weight is 438 g/mol. The van der Waals surface area contributed by atoms with E-state index in [0.717, 1.165) is 5.56 Å². The van der Waals surface area contributed by atoms with Gasteiger partial charge in [-0.25, -0.2) is 0 Å². The lowest BCUT2D eigenvalue weighted by Gasteiger charge is -2.39. The Morgan fingerprint density at radius 2 is 1.87 bits per heavy atom. The molecule has 1 aromatic heterocycles. The Kier molecular flexibility index (Phi) is 6.08. The zero-order chi connectivity index (χ0) is 22.0. The molecule has 1 fully saturated rings. The molecule has 0 N–H and O–H groups in total. The molecule has 3 heterocycles. The molecule has 1 aromatic carbocycles. The van der Waals surface area contributed by atoms with Crippen LogP contribution in [0.15, 0.2) is 35.1 Å². The number of morpholine rings is 1. The lowest BCUT2D eigenvalue weighted by Crippen LogP contribution is -2.53. The topological polar surface area (TPSA) is 59.8 Å². The van der Waals surface area contributed by atoms with Gasteiger partial charge in [-0.3, -0.25) is 9.36 Å². The number of methoxy groups -OCH3 is 1. The van der Waals surface area contributed by atoms with Gasteiger partial charge in [0.25, 0.3) is 5.56 Å². The molecule has 1 atom stereocenters. The van der Waals surface area contributed by atoms with Crippen LogP contribution in [0.5, 0.6) is 5.75 Å². The summed E-state index contributed by atoms with van der Waals surface area (Å²) in [7, 11) is 1.56. The molecule has 168 valence electrons. The number of hydrogen-bond acceptors (Lipinski definition) is 6. The Hall–Kier alpha value is -2.75. The van der Waals surface area contributed by atoms with Crippen molar-refractivity contribution >= 4 is 11.8 Å². The first-order chi connectivity index (χ1) is 14.9. The highest BCUT2D eigenvalue weighted by Crippen LogP contribution is 2.34. The lowest BCUT2D eigenvalue weighted by atomic mass is 10.1. The van der Waals surface area contributed by atoms with Crippen molar-refractivity contribution in [3.05, 3.63) is 46.2 Å². The maximum absolute atomic E-state index is 13.9. The van der Waals surface area contributed by atoms with Crippen molar-refractivity contribution in [1.82, 2.24) is 9.55 Å². The fourth-order valence-corrected chi connectivity index (χ4v) is 4.05. The first-order valence-electron chi connectivity index (χ1n) is 10.3. The van der Waals surface area contributed by atoms with E-state index in [2.05, 4.69) is 4.98 Å². The molecule has 0 unspecified atom stereocenters. The summed E-state index contributed by atoms with van der Waals surface area (Å²) >= 11 is 0. The molecular formula is C21H25F3N4O3. The maximum Gasteiger partial charge on any atom is 0.408 e. The normalized spacial score (nSPS) is 19.3. The Morgan fingerprint density at radius 3 is 2.52 bits per heavy atom. The van der Waals surface area contributed by atoms with Crippen LogP contribution in [0.3, 0.4) is 0 Å². The summed E-state index contributed by atoms with van der Waals surface area (Å²) in [5, 5.41) is 0. The monoisotopic (exact) mass is 438 g/mol. The van der Waals surface area contributed by atoms with Crippen molar-refractivity contribution in [1.29, 1.82) is 0 Å². The van der Waals surface area contributed by atoms with Crippen LogP contribution in [-0.2, 0) is 17.7 Å². The van der Waals surface area contributed by atoms with Gasteiger partial charge in [-0.15, -0.1) is 0 Å². The fraction of sp³-hybridized carbons (Fsp3) is 0.524. The largest absolute Gasteiger partial charge is 0.497 e. The van der Waals surface area contributed by atoms with E-state index in [0.29, 0.717) is 44.3 Å². The number of benzene rings is 1. The molecule has 10 heteroatoms. The molecule has 1 saturated heterocycles. The summed E-state index contributed by atoms with van der Waals surface area (Å²) in [6.07, 6.45) is -4.22. The number of hydrogen-bond donors (Lipinski definition) is 0. The molecule has 7 nitrogen and oxygen atoms in total.